The summed E-state index contributed by atoms with van der Waals surface area (Å²) in [7, 11) is 0. The van der Waals surface area contributed by atoms with Crippen LogP contribution in [0.2, 0.25) is 0 Å². The van der Waals surface area contributed by atoms with Crippen LogP contribution in [0.1, 0.15) is 51.5 Å². The third-order valence-electron chi connectivity index (χ3n) is 10.6. The molecule has 41 heavy (non-hydrogen) atoms. The van der Waals surface area contributed by atoms with Gasteiger partial charge in [0.2, 0.25) is 5.78 Å². The topological polar surface area (TPSA) is 127 Å². The Morgan fingerprint density at radius 2 is 1.83 bits per heavy atom. The molecule has 1 aromatic carbocycles. The third kappa shape index (κ3) is 4.48. The lowest BCUT2D eigenvalue weighted by Gasteiger charge is -2.59. The summed E-state index contributed by atoms with van der Waals surface area (Å²) in [5.41, 5.74) is -0.312. The van der Waals surface area contributed by atoms with Crippen LogP contribution in [0.4, 0.5) is 0 Å². The van der Waals surface area contributed by atoms with E-state index in [4.69, 9.17) is 4.74 Å². The van der Waals surface area contributed by atoms with Gasteiger partial charge in [0.1, 0.15) is 5.60 Å². The van der Waals surface area contributed by atoms with Gasteiger partial charge in [0.05, 0.1) is 12.5 Å². The molecule has 0 saturated heterocycles. The summed E-state index contributed by atoms with van der Waals surface area (Å²) in [6, 6.07) is 9.00. The van der Waals surface area contributed by atoms with Crippen molar-refractivity contribution in [3.8, 4) is 11.4 Å². The molecule has 4 aliphatic rings. The Hall–Kier alpha value is -3.49. The zero-order chi connectivity index (χ0) is 29.0. The van der Waals surface area contributed by atoms with Crippen LogP contribution < -0.4 is 0 Å². The molecule has 2 aromatic rings. The molecule has 0 amide bonds. The molecule has 0 radical (unpaired) electrons. The molecule has 6 unspecified atom stereocenters. The second-order valence-corrected chi connectivity index (χ2v) is 12.6. The standard InChI is InChI=1S/C33H36N2O6/c1-31-12-10-23(36)17-22(31)8-9-24-25-11-13-33(40,32(25,2)18-26(37)29(24)31)27(38)19-41-28(39)16-20-4-6-21(7-5-20)30-34-14-3-15-35-30/h3-7,10,12,14-15,17,24-26,29,37,40H,8-9,11,13,16,18-19H2,1-2H3/t24?,25?,26?,29?,31?,32?,33-/m0/s1. The summed E-state index contributed by atoms with van der Waals surface area (Å²) < 4.78 is 5.37. The number of benzene rings is 1. The quantitative estimate of drug-likeness (QED) is 0.515. The maximum Gasteiger partial charge on any atom is 0.310 e. The number of hydrogen-bond acceptors (Lipinski definition) is 8. The molecule has 0 aliphatic heterocycles. The van der Waals surface area contributed by atoms with Crippen molar-refractivity contribution in [1.82, 2.24) is 9.97 Å². The van der Waals surface area contributed by atoms with E-state index < -0.39 is 40.9 Å². The molecule has 7 atom stereocenters. The van der Waals surface area contributed by atoms with Crippen LogP contribution in [0.5, 0.6) is 0 Å². The molecule has 0 bridgehead atoms. The van der Waals surface area contributed by atoms with E-state index >= 15 is 0 Å². The Morgan fingerprint density at radius 1 is 1.10 bits per heavy atom. The number of nitrogens with zero attached hydrogens (tertiary/aromatic N) is 2. The Morgan fingerprint density at radius 3 is 2.56 bits per heavy atom. The van der Waals surface area contributed by atoms with E-state index in [2.05, 4.69) is 16.9 Å². The smallest absolute Gasteiger partial charge is 0.310 e. The summed E-state index contributed by atoms with van der Waals surface area (Å²) in [6.07, 6.45) is 10.6. The predicted molar refractivity (Wildman–Crippen MR) is 150 cm³/mol. The molecule has 4 aliphatic carbocycles. The van der Waals surface area contributed by atoms with Crippen LogP contribution in [-0.4, -0.2) is 56.0 Å². The van der Waals surface area contributed by atoms with Crippen molar-refractivity contribution in [2.24, 2.45) is 28.6 Å². The number of Topliss-reactive ketones (excluding diaryl/α,β-unsaturated/α-hetero) is 1. The number of hydrogen-bond donors (Lipinski definition) is 2. The highest BCUT2D eigenvalue weighted by molar-refractivity contribution is 6.01. The molecule has 8 heteroatoms. The van der Waals surface area contributed by atoms with Gasteiger partial charge >= 0.3 is 5.97 Å². The number of allylic oxidation sites excluding steroid dienone is 4. The van der Waals surface area contributed by atoms with Gasteiger partial charge in [-0.15, -0.1) is 0 Å². The molecule has 8 nitrogen and oxygen atoms in total. The second kappa shape index (κ2) is 10.1. The Balaban J connectivity index is 1.12. The zero-order valence-electron chi connectivity index (χ0n) is 23.5. The van der Waals surface area contributed by atoms with Gasteiger partial charge in [0.15, 0.2) is 18.2 Å². The molecule has 6 rings (SSSR count). The molecular formula is C33H36N2O6. The van der Waals surface area contributed by atoms with Crippen molar-refractivity contribution >= 4 is 17.5 Å². The van der Waals surface area contributed by atoms with E-state index in [1.54, 1.807) is 42.7 Å². The van der Waals surface area contributed by atoms with Crippen molar-refractivity contribution in [2.45, 2.75) is 64.1 Å². The highest BCUT2D eigenvalue weighted by Gasteiger charge is 2.68. The molecule has 214 valence electrons. The van der Waals surface area contributed by atoms with Crippen LogP contribution in [0.25, 0.3) is 11.4 Å². The minimum atomic E-state index is -1.68. The number of carbonyl (C=O) groups excluding carboxylic acids is 3. The first-order valence-electron chi connectivity index (χ1n) is 14.5. The second-order valence-electron chi connectivity index (χ2n) is 12.6. The number of aromatic nitrogens is 2. The van der Waals surface area contributed by atoms with E-state index in [0.29, 0.717) is 12.2 Å². The third-order valence-corrected chi connectivity index (χ3v) is 10.6. The van der Waals surface area contributed by atoms with Crippen LogP contribution in [0.15, 0.2) is 66.5 Å². The maximum atomic E-state index is 13.5. The van der Waals surface area contributed by atoms with Gasteiger partial charge in [-0.05, 0) is 67.7 Å². The van der Waals surface area contributed by atoms with Gasteiger partial charge in [0, 0.05) is 34.7 Å². The Bertz CT molecular complexity index is 1440. The molecular weight excluding hydrogens is 520 g/mol. The van der Waals surface area contributed by atoms with Crippen LogP contribution in [-0.2, 0) is 25.5 Å². The summed E-state index contributed by atoms with van der Waals surface area (Å²) >= 11 is 0. The highest BCUT2D eigenvalue weighted by atomic mass is 16.5. The number of aliphatic hydroxyl groups excluding tert-OH is 1. The van der Waals surface area contributed by atoms with Gasteiger partial charge in [-0.2, -0.15) is 0 Å². The SMILES string of the molecule is CC12C=CC(=O)C=C1CCC1C2C(O)CC2(C)C1CC[C@]2(O)C(=O)COC(=O)Cc1ccc(-c2ncccn2)cc1. The predicted octanol–water partition coefficient (Wildman–Crippen LogP) is 3.81. The van der Waals surface area contributed by atoms with Crippen molar-refractivity contribution in [1.29, 1.82) is 0 Å². The number of esters is 1. The van der Waals surface area contributed by atoms with Gasteiger partial charge in [-0.1, -0.05) is 49.8 Å². The molecule has 3 saturated carbocycles. The van der Waals surface area contributed by atoms with E-state index in [-0.39, 0.29) is 42.8 Å². The lowest BCUT2D eigenvalue weighted by molar-refractivity contribution is -0.181. The van der Waals surface area contributed by atoms with Gasteiger partial charge in [-0.25, -0.2) is 9.97 Å². The number of ether oxygens (including phenoxy) is 1. The van der Waals surface area contributed by atoms with Crippen LogP contribution >= 0.6 is 0 Å². The zero-order valence-corrected chi connectivity index (χ0v) is 23.5. The lowest BCUT2D eigenvalue weighted by Crippen LogP contribution is -2.61. The number of carbonyl (C=O) groups is 3. The first kappa shape index (κ1) is 27.7. The minimum absolute atomic E-state index is 0.00551. The van der Waals surface area contributed by atoms with Crippen molar-refractivity contribution < 1.29 is 29.3 Å². The number of rotatable bonds is 6. The molecule has 1 heterocycles. The molecule has 2 N–H and O–H groups in total. The molecule has 3 fully saturated rings. The average Bonchev–Trinajstić information content (AvgIpc) is 3.23. The summed E-state index contributed by atoms with van der Waals surface area (Å²) in [5.74, 6) is -0.418. The fourth-order valence-electron chi connectivity index (χ4n) is 8.49. The summed E-state index contributed by atoms with van der Waals surface area (Å²) in [6.45, 7) is 3.50. The normalized spacial score (nSPS) is 35.6. The summed E-state index contributed by atoms with van der Waals surface area (Å²) in [5, 5.41) is 23.4. The fourth-order valence-corrected chi connectivity index (χ4v) is 8.49. The lowest BCUT2D eigenvalue weighted by atomic mass is 9.46. The van der Waals surface area contributed by atoms with E-state index in [1.807, 2.05) is 25.1 Å². The van der Waals surface area contributed by atoms with Crippen molar-refractivity contribution in [3.05, 3.63) is 72.1 Å². The van der Waals surface area contributed by atoms with E-state index in [1.165, 1.54) is 0 Å². The molecule has 1 aromatic heterocycles. The van der Waals surface area contributed by atoms with Crippen LogP contribution in [0.3, 0.4) is 0 Å². The first-order chi connectivity index (χ1) is 19.5. The largest absolute Gasteiger partial charge is 0.457 e. The highest BCUT2D eigenvalue weighted by Crippen LogP contribution is 2.67. The van der Waals surface area contributed by atoms with Crippen LogP contribution in [0, 0.1) is 28.6 Å². The minimum Gasteiger partial charge on any atom is -0.457 e. The number of aliphatic hydroxyl groups is 2. The Labute approximate surface area is 239 Å². The van der Waals surface area contributed by atoms with Gasteiger partial charge in [0.25, 0.3) is 0 Å². The van der Waals surface area contributed by atoms with E-state index in [0.717, 1.165) is 29.5 Å². The van der Waals surface area contributed by atoms with Gasteiger partial charge < -0.3 is 14.9 Å². The monoisotopic (exact) mass is 556 g/mol. The summed E-state index contributed by atoms with van der Waals surface area (Å²) in [4.78, 5) is 46.6. The molecule has 0 spiro atoms. The average molecular weight is 557 g/mol. The van der Waals surface area contributed by atoms with Crippen molar-refractivity contribution in [2.75, 3.05) is 6.61 Å². The number of fused-ring (bicyclic) bond motifs is 5. The first-order valence-corrected chi connectivity index (χ1v) is 14.5. The van der Waals surface area contributed by atoms with Crippen molar-refractivity contribution in [3.63, 3.8) is 0 Å². The number of ketones is 2. The van der Waals surface area contributed by atoms with Gasteiger partial charge in [-0.3, -0.25) is 14.4 Å². The maximum absolute atomic E-state index is 13.5. The fraction of sp³-hybridized carbons (Fsp3) is 0.485. The Kier molecular flexibility index (Phi) is 6.82. The van der Waals surface area contributed by atoms with E-state index in [9.17, 15) is 24.6 Å².